The lowest BCUT2D eigenvalue weighted by molar-refractivity contribution is 0.386. The number of ether oxygens (including phenoxy) is 1. The molecule has 1 unspecified atom stereocenters. The standard InChI is InChI=1S/C16H15ClFNO/c1-20-16-9-13(4-5-15(16)18)19-14-7-10-2-3-12(17)6-11(10)8-14/h2-6,9,14,19H,7-8H2,1H3. The zero-order chi connectivity index (χ0) is 14.1. The van der Waals surface area contributed by atoms with E-state index < -0.39 is 0 Å². The summed E-state index contributed by atoms with van der Waals surface area (Å²) in [7, 11) is 1.47. The topological polar surface area (TPSA) is 21.3 Å². The third-order valence-electron chi connectivity index (χ3n) is 3.62. The molecule has 2 aromatic rings. The maximum absolute atomic E-state index is 13.4. The third kappa shape index (κ3) is 2.59. The first-order valence-electron chi connectivity index (χ1n) is 6.53. The monoisotopic (exact) mass is 291 g/mol. The lowest BCUT2D eigenvalue weighted by Crippen LogP contribution is -2.19. The van der Waals surface area contributed by atoms with Crippen LogP contribution in [-0.4, -0.2) is 13.2 Å². The summed E-state index contributed by atoms with van der Waals surface area (Å²) in [5, 5.41) is 4.19. The van der Waals surface area contributed by atoms with Gasteiger partial charge < -0.3 is 10.1 Å². The van der Waals surface area contributed by atoms with Crippen molar-refractivity contribution >= 4 is 17.3 Å². The molecule has 20 heavy (non-hydrogen) atoms. The lowest BCUT2D eigenvalue weighted by atomic mass is 10.1. The van der Waals surface area contributed by atoms with E-state index in [-0.39, 0.29) is 11.6 Å². The van der Waals surface area contributed by atoms with E-state index in [1.165, 1.54) is 24.3 Å². The molecule has 2 aromatic carbocycles. The average molecular weight is 292 g/mol. The number of halogens is 2. The Hall–Kier alpha value is -1.74. The minimum Gasteiger partial charge on any atom is -0.494 e. The van der Waals surface area contributed by atoms with Gasteiger partial charge in [0.1, 0.15) is 0 Å². The molecule has 104 valence electrons. The Balaban J connectivity index is 1.74. The second kappa shape index (κ2) is 5.33. The predicted octanol–water partition coefficient (Wildman–Crippen LogP) is 4.07. The Morgan fingerprint density at radius 2 is 1.95 bits per heavy atom. The van der Waals surface area contributed by atoms with E-state index in [2.05, 4.69) is 11.4 Å². The van der Waals surface area contributed by atoms with Crippen LogP contribution < -0.4 is 10.1 Å². The smallest absolute Gasteiger partial charge is 0.165 e. The van der Waals surface area contributed by atoms with Crippen LogP contribution in [0, 0.1) is 5.82 Å². The molecule has 0 saturated heterocycles. The Labute approximate surface area is 122 Å². The molecule has 0 amide bonds. The fraction of sp³-hybridized carbons (Fsp3) is 0.250. The van der Waals surface area contributed by atoms with Crippen molar-refractivity contribution < 1.29 is 9.13 Å². The summed E-state index contributed by atoms with van der Waals surface area (Å²) in [5.74, 6) is -0.0897. The van der Waals surface area contributed by atoms with E-state index in [1.54, 1.807) is 12.1 Å². The first kappa shape index (κ1) is 13.3. The molecule has 1 atom stereocenters. The van der Waals surface area contributed by atoms with Gasteiger partial charge in [0.05, 0.1) is 7.11 Å². The van der Waals surface area contributed by atoms with Gasteiger partial charge in [-0.05, 0) is 48.2 Å². The molecule has 3 rings (SSSR count). The third-order valence-corrected chi connectivity index (χ3v) is 3.86. The molecule has 1 N–H and O–H groups in total. The van der Waals surface area contributed by atoms with Gasteiger partial charge in [-0.2, -0.15) is 0 Å². The molecule has 0 aromatic heterocycles. The van der Waals surface area contributed by atoms with E-state index in [4.69, 9.17) is 16.3 Å². The van der Waals surface area contributed by atoms with Gasteiger partial charge in [-0.15, -0.1) is 0 Å². The SMILES string of the molecule is COc1cc(NC2Cc3ccc(Cl)cc3C2)ccc1F. The molecular formula is C16H15ClFNO. The summed E-state index contributed by atoms with van der Waals surface area (Å²) in [6.45, 7) is 0. The molecule has 0 bridgehead atoms. The summed E-state index contributed by atoms with van der Waals surface area (Å²) in [4.78, 5) is 0. The molecular weight excluding hydrogens is 277 g/mol. The van der Waals surface area contributed by atoms with Crippen LogP contribution in [-0.2, 0) is 12.8 Å². The van der Waals surface area contributed by atoms with Crippen molar-refractivity contribution in [3.63, 3.8) is 0 Å². The number of anilines is 1. The molecule has 4 heteroatoms. The van der Waals surface area contributed by atoms with Crippen molar-refractivity contribution in [1.29, 1.82) is 0 Å². The summed E-state index contributed by atoms with van der Waals surface area (Å²) < 4.78 is 18.4. The van der Waals surface area contributed by atoms with Gasteiger partial charge in [0.15, 0.2) is 11.6 Å². The number of hydrogen-bond donors (Lipinski definition) is 1. The van der Waals surface area contributed by atoms with E-state index in [9.17, 15) is 4.39 Å². The van der Waals surface area contributed by atoms with Gasteiger partial charge in [-0.1, -0.05) is 17.7 Å². The highest BCUT2D eigenvalue weighted by molar-refractivity contribution is 6.30. The van der Waals surface area contributed by atoms with Crippen LogP contribution in [0.15, 0.2) is 36.4 Å². The van der Waals surface area contributed by atoms with Gasteiger partial charge >= 0.3 is 0 Å². The summed E-state index contributed by atoms with van der Waals surface area (Å²) >= 11 is 6.01. The van der Waals surface area contributed by atoms with Crippen LogP contribution in [0.25, 0.3) is 0 Å². The molecule has 0 aliphatic heterocycles. The zero-order valence-corrected chi connectivity index (χ0v) is 11.9. The average Bonchev–Trinajstić information content (AvgIpc) is 2.82. The quantitative estimate of drug-likeness (QED) is 0.920. The van der Waals surface area contributed by atoms with Gasteiger partial charge in [0.2, 0.25) is 0 Å². The Morgan fingerprint density at radius 1 is 1.15 bits per heavy atom. The van der Waals surface area contributed by atoms with E-state index in [1.807, 2.05) is 12.1 Å². The largest absolute Gasteiger partial charge is 0.494 e. The maximum Gasteiger partial charge on any atom is 0.165 e. The number of rotatable bonds is 3. The van der Waals surface area contributed by atoms with Crippen LogP contribution in [0.1, 0.15) is 11.1 Å². The predicted molar refractivity (Wildman–Crippen MR) is 79.2 cm³/mol. The van der Waals surface area contributed by atoms with Crippen molar-refractivity contribution in [2.45, 2.75) is 18.9 Å². The number of hydrogen-bond acceptors (Lipinski definition) is 2. The normalized spacial score (nSPS) is 16.9. The molecule has 2 nitrogen and oxygen atoms in total. The summed E-state index contributed by atoms with van der Waals surface area (Å²) in [6.07, 6.45) is 1.88. The number of benzene rings is 2. The van der Waals surface area contributed by atoms with E-state index in [0.29, 0.717) is 6.04 Å². The summed E-state index contributed by atoms with van der Waals surface area (Å²) in [6, 6.07) is 11.1. The van der Waals surface area contributed by atoms with Crippen molar-refractivity contribution in [2.24, 2.45) is 0 Å². The highest BCUT2D eigenvalue weighted by atomic mass is 35.5. The Morgan fingerprint density at radius 3 is 2.75 bits per heavy atom. The van der Waals surface area contributed by atoms with Crippen LogP contribution in [0.4, 0.5) is 10.1 Å². The molecule has 0 heterocycles. The number of fused-ring (bicyclic) bond motifs is 1. The fourth-order valence-electron chi connectivity index (χ4n) is 2.67. The second-order valence-electron chi connectivity index (χ2n) is 5.01. The number of nitrogens with one attached hydrogen (secondary N) is 1. The lowest BCUT2D eigenvalue weighted by Gasteiger charge is -2.14. The molecule has 1 aliphatic carbocycles. The Kier molecular flexibility index (Phi) is 3.53. The molecule has 0 fully saturated rings. The minimum absolute atomic E-state index is 0.258. The van der Waals surface area contributed by atoms with Crippen LogP contribution in [0.5, 0.6) is 5.75 Å². The molecule has 0 spiro atoms. The van der Waals surface area contributed by atoms with Crippen molar-refractivity contribution in [3.05, 3.63) is 58.4 Å². The summed E-state index contributed by atoms with van der Waals surface area (Å²) in [5.41, 5.74) is 3.47. The zero-order valence-electron chi connectivity index (χ0n) is 11.1. The highest BCUT2D eigenvalue weighted by Crippen LogP contribution is 2.28. The molecule has 1 aliphatic rings. The van der Waals surface area contributed by atoms with Gasteiger partial charge in [0.25, 0.3) is 0 Å². The van der Waals surface area contributed by atoms with Gasteiger partial charge in [-0.3, -0.25) is 0 Å². The molecule has 0 radical (unpaired) electrons. The van der Waals surface area contributed by atoms with Gasteiger partial charge in [-0.25, -0.2) is 4.39 Å². The van der Waals surface area contributed by atoms with E-state index >= 15 is 0 Å². The van der Waals surface area contributed by atoms with Crippen LogP contribution in [0.2, 0.25) is 5.02 Å². The van der Waals surface area contributed by atoms with E-state index in [0.717, 1.165) is 23.6 Å². The highest BCUT2D eigenvalue weighted by Gasteiger charge is 2.21. The Bertz CT molecular complexity index is 644. The first-order chi connectivity index (χ1) is 9.65. The van der Waals surface area contributed by atoms with Crippen molar-refractivity contribution in [3.8, 4) is 5.75 Å². The maximum atomic E-state index is 13.4. The number of methoxy groups -OCH3 is 1. The van der Waals surface area contributed by atoms with Crippen LogP contribution in [0.3, 0.4) is 0 Å². The van der Waals surface area contributed by atoms with Crippen molar-refractivity contribution in [1.82, 2.24) is 0 Å². The van der Waals surface area contributed by atoms with Crippen molar-refractivity contribution in [2.75, 3.05) is 12.4 Å². The first-order valence-corrected chi connectivity index (χ1v) is 6.91. The fourth-order valence-corrected chi connectivity index (χ4v) is 2.87. The second-order valence-corrected chi connectivity index (χ2v) is 5.45. The van der Waals surface area contributed by atoms with Crippen LogP contribution >= 0.6 is 11.6 Å². The van der Waals surface area contributed by atoms with Gasteiger partial charge in [0, 0.05) is 22.8 Å². The molecule has 0 saturated carbocycles. The minimum atomic E-state index is -0.348.